The SMILES string of the molecule is CC1(C)CC(NC(=N)Nc2cccnc2)C(C)(C)N1O. The Kier molecular flexibility index (Phi) is 3.71. The molecule has 0 amide bonds. The number of nitrogens with one attached hydrogen (secondary N) is 3. The number of nitrogens with zero attached hydrogens (tertiary/aromatic N) is 2. The van der Waals surface area contributed by atoms with Gasteiger partial charge in [0.1, 0.15) is 0 Å². The van der Waals surface area contributed by atoms with Crippen LogP contribution in [0, 0.1) is 5.41 Å². The Labute approximate surface area is 119 Å². The van der Waals surface area contributed by atoms with Gasteiger partial charge in [-0.15, -0.1) is 0 Å². The lowest BCUT2D eigenvalue weighted by atomic mass is 9.94. The van der Waals surface area contributed by atoms with Crippen molar-refractivity contribution in [1.29, 1.82) is 5.41 Å². The maximum absolute atomic E-state index is 10.3. The lowest BCUT2D eigenvalue weighted by Crippen LogP contribution is -2.53. The van der Waals surface area contributed by atoms with E-state index in [4.69, 9.17) is 5.41 Å². The summed E-state index contributed by atoms with van der Waals surface area (Å²) in [6.45, 7) is 7.93. The molecule has 6 heteroatoms. The standard InChI is InChI=1S/C14H23N5O/c1-13(2)8-11(14(3,4)19(13)20)18-12(15)17-10-6-5-7-16-9-10/h5-7,9,11,20H,8H2,1-4H3,(H3,15,17,18). The van der Waals surface area contributed by atoms with Crippen molar-refractivity contribution in [3.8, 4) is 0 Å². The Morgan fingerprint density at radius 2 is 2.15 bits per heavy atom. The Morgan fingerprint density at radius 1 is 1.45 bits per heavy atom. The molecule has 0 spiro atoms. The first kappa shape index (κ1) is 14.7. The minimum atomic E-state index is -0.438. The zero-order valence-electron chi connectivity index (χ0n) is 12.4. The fraction of sp³-hybridized carbons (Fsp3) is 0.571. The average Bonchev–Trinajstić information content (AvgIpc) is 2.51. The third-order valence-corrected chi connectivity index (χ3v) is 3.93. The minimum Gasteiger partial charge on any atom is -0.352 e. The summed E-state index contributed by atoms with van der Waals surface area (Å²) in [6.07, 6.45) is 4.11. The van der Waals surface area contributed by atoms with E-state index in [1.807, 2.05) is 39.8 Å². The summed E-state index contributed by atoms with van der Waals surface area (Å²) >= 11 is 0. The van der Waals surface area contributed by atoms with Crippen LogP contribution in [0.4, 0.5) is 5.69 Å². The van der Waals surface area contributed by atoms with Crippen LogP contribution < -0.4 is 10.6 Å². The van der Waals surface area contributed by atoms with Gasteiger partial charge in [-0.25, -0.2) is 0 Å². The van der Waals surface area contributed by atoms with Gasteiger partial charge in [0.2, 0.25) is 0 Å². The van der Waals surface area contributed by atoms with Gasteiger partial charge in [-0.3, -0.25) is 10.4 Å². The van der Waals surface area contributed by atoms with Gasteiger partial charge in [-0.1, -0.05) is 0 Å². The van der Waals surface area contributed by atoms with Crippen molar-refractivity contribution in [3.05, 3.63) is 24.5 Å². The molecule has 0 radical (unpaired) electrons. The second kappa shape index (κ2) is 5.03. The smallest absolute Gasteiger partial charge is 0.193 e. The monoisotopic (exact) mass is 277 g/mol. The summed E-state index contributed by atoms with van der Waals surface area (Å²) in [4.78, 5) is 4.00. The summed E-state index contributed by atoms with van der Waals surface area (Å²) in [5.74, 6) is 0.210. The van der Waals surface area contributed by atoms with E-state index in [1.54, 1.807) is 12.4 Å². The predicted octanol–water partition coefficient (Wildman–Crippen LogP) is 2.04. The van der Waals surface area contributed by atoms with Crippen molar-refractivity contribution in [2.24, 2.45) is 0 Å². The van der Waals surface area contributed by atoms with Crippen LogP contribution in [0.25, 0.3) is 0 Å². The molecule has 1 saturated heterocycles. The zero-order valence-corrected chi connectivity index (χ0v) is 12.4. The largest absolute Gasteiger partial charge is 0.352 e. The number of hydrogen-bond acceptors (Lipinski definition) is 4. The Hall–Kier alpha value is -1.66. The summed E-state index contributed by atoms with van der Waals surface area (Å²) in [6, 6.07) is 3.65. The fourth-order valence-corrected chi connectivity index (χ4v) is 2.78. The first-order valence-corrected chi connectivity index (χ1v) is 6.75. The number of hydrogen-bond donors (Lipinski definition) is 4. The van der Waals surface area contributed by atoms with Gasteiger partial charge in [0, 0.05) is 11.7 Å². The molecule has 6 nitrogen and oxygen atoms in total. The second-order valence-electron chi connectivity index (χ2n) is 6.42. The van der Waals surface area contributed by atoms with Crippen LogP contribution >= 0.6 is 0 Å². The van der Waals surface area contributed by atoms with Crippen LogP contribution in [0.15, 0.2) is 24.5 Å². The molecule has 2 rings (SSSR count). The number of aromatic nitrogens is 1. The molecule has 2 heterocycles. The number of anilines is 1. The van der Waals surface area contributed by atoms with Crippen LogP contribution in [-0.2, 0) is 0 Å². The van der Waals surface area contributed by atoms with E-state index in [-0.39, 0.29) is 17.5 Å². The molecule has 1 fully saturated rings. The quantitative estimate of drug-likeness (QED) is 0.491. The van der Waals surface area contributed by atoms with Crippen LogP contribution in [-0.4, -0.2) is 38.3 Å². The summed E-state index contributed by atoms with van der Waals surface area (Å²) in [5, 5.41) is 25.8. The van der Waals surface area contributed by atoms with E-state index in [0.717, 1.165) is 12.1 Å². The van der Waals surface area contributed by atoms with Crippen molar-refractivity contribution in [2.45, 2.75) is 51.2 Å². The molecule has 1 atom stereocenters. The van der Waals surface area contributed by atoms with Crippen molar-refractivity contribution in [1.82, 2.24) is 15.4 Å². The molecule has 1 aliphatic heterocycles. The number of pyridine rings is 1. The first-order chi connectivity index (χ1) is 9.23. The highest BCUT2D eigenvalue weighted by molar-refractivity contribution is 5.91. The lowest BCUT2D eigenvalue weighted by Gasteiger charge is -2.36. The average molecular weight is 277 g/mol. The maximum atomic E-state index is 10.3. The molecular weight excluding hydrogens is 254 g/mol. The third kappa shape index (κ3) is 2.76. The van der Waals surface area contributed by atoms with E-state index < -0.39 is 5.54 Å². The number of guanidine groups is 1. The van der Waals surface area contributed by atoms with Crippen LogP contribution in [0.3, 0.4) is 0 Å². The molecular formula is C14H23N5O. The van der Waals surface area contributed by atoms with Gasteiger partial charge in [0.15, 0.2) is 5.96 Å². The van der Waals surface area contributed by atoms with Crippen LogP contribution in [0.1, 0.15) is 34.1 Å². The second-order valence-corrected chi connectivity index (χ2v) is 6.42. The van der Waals surface area contributed by atoms with Crippen molar-refractivity contribution in [2.75, 3.05) is 5.32 Å². The number of rotatable bonds is 2. The molecule has 20 heavy (non-hydrogen) atoms. The van der Waals surface area contributed by atoms with Gasteiger partial charge < -0.3 is 15.8 Å². The van der Waals surface area contributed by atoms with Crippen LogP contribution in [0.2, 0.25) is 0 Å². The normalized spacial score (nSPS) is 24.4. The fourth-order valence-electron chi connectivity index (χ4n) is 2.78. The van der Waals surface area contributed by atoms with E-state index >= 15 is 0 Å². The molecule has 110 valence electrons. The van der Waals surface area contributed by atoms with Gasteiger partial charge in [0.05, 0.1) is 23.5 Å². The highest BCUT2D eigenvalue weighted by atomic mass is 16.5. The van der Waals surface area contributed by atoms with Crippen molar-refractivity contribution >= 4 is 11.6 Å². The first-order valence-electron chi connectivity index (χ1n) is 6.75. The molecule has 4 N–H and O–H groups in total. The van der Waals surface area contributed by atoms with E-state index in [1.165, 1.54) is 5.06 Å². The highest BCUT2D eigenvalue weighted by Gasteiger charge is 2.51. The predicted molar refractivity (Wildman–Crippen MR) is 78.9 cm³/mol. The molecule has 0 bridgehead atoms. The van der Waals surface area contributed by atoms with Gasteiger partial charge >= 0.3 is 0 Å². The summed E-state index contributed by atoms with van der Waals surface area (Å²) in [5.41, 5.74) is 0.0169. The van der Waals surface area contributed by atoms with E-state index in [9.17, 15) is 5.21 Å². The van der Waals surface area contributed by atoms with Gasteiger partial charge in [-0.05, 0) is 46.2 Å². The molecule has 0 aromatic carbocycles. The lowest BCUT2D eigenvalue weighted by molar-refractivity contribution is -0.193. The zero-order chi connectivity index (χ0) is 15.0. The van der Waals surface area contributed by atoms with Gasteiger partial charge in [0.25, 0.3) is 0 Å². The summed E-state index contributed by atoms with van der Waals surface area (Å²) < 4.78 is 0. The molecule has 1 unspecified atom stereocenters. The molecule has 1 aliphatic rings. The van der Waals surface area contributed by atoms with Gasteiger partial charge in [-0.2, -0.15) is 5.06 Å². The maximum Gasteiger partial charge on any atom is 0.193 e. The Bertz CT molecular complexity index is 486. The third-order valence-electron chi connectivity index (χ3n) is 3.93. The highest BCUT2D eigenvalue weighted by Crippen LogP contribution is 2.38. The Morgan fingerprint density at radius 3 is 2.65 bits per heavy atom. The molecule has 1 aromatic heterocycles. The molecule has 0 aliphatic carbocycles. The van der Waals surface area contributed by atoms with E-state index in [2.05, 4.69) is 15.6 Å². The minimum absolute atomic E-state index is 0.0147. The Balaban J connectivity index is 2.02. The van der Waals surface area contributed by atoms with Crippen molar-refractivity contribution in [3.63, 3.8) is 0 Å². The van der Waals surface area contributed by atoms with Crippen LogP contribution in [0.5, 0.6) is 0 Å². The van der Waals surface area contributed by atoms with Crippen molar-refractivity contribution < 1.29 is 5.21 Å². The van der Waals surface area contributed by atoms with E-state index in [0.29, 0.717) is 0 Å². The topological polar surface area (TPSA) is 84.3 Å². The molecule has 1 aromatic rings. The summed E-state index contributed by atoms with van der Waals surface area (Å²) in [7, 11) is 0. The molecule has 0 saturated carbocycles. The number of hydroxylamine groups is 2.